The van der Waals surface area contributed by atoms with Crippen molar-refractivity contribution in [2.24, 2.45) is 0 Å². The molecule has 1 saturated heterocycles. The Labute approximate surface area is 69.3 Å². The molecule has 1 aliphatic rings. The van der Waals surface area contributed by atoms with Crippen molar-refractivity contribution < 1.29 is 0 Å². The minimum atomic E-state index is 0.572. The van der Waals surface area contributed by atoms with Gasteiger partial charge in [-0.2, -0.15) is 0 Å². The van der Waals surface area contributed by atoms with E-state index in [0.717, 1.165) is 6.67 Å². The van der Waals surface area contributed by atoms with Crippen LogP contribution in [-0.4, -0.2) is 30.7 Å². The lowest BCUT2D eigenvalue weighted by Crippen LogP contribution is -2.46. The van der Waals surface area contributed by atoms with Crippen LogP contribution in [0.2, 0.25) is 0 Å². The van der Waals surface area contributed by atoms with Crippen molar-refractivity contribution in [3.8, 4) is 0 Å². The average molecular weight is 154 g/mol. The third kappa shape index (κ3) is 2.31. The SMILES string of the molecule is C=CC(CC)N1CCCNC1. The molecule has 0 radical (unpaired) electrons. The van der Waals surface area contributed by atoms with Gasteiger partial charge in [-0.15, -0.1) is 6.58 Å². The van der Waals surface area contributed by atoms with Crippen LogP contribution in [0, 0.1) is 0 Å². The van der Waals surface area contributed by atoms with Crippen LogP contribution in [0.1, 0.15) is 19.8 Å². The van der Waals surface area contributed by atoms with E-state index in [0.29, 0.717) is 6.04 Å². The second-order valence-corrected chi connectivity index (χ2v) is 3.04. The summed E-state index contributed by atoms with van der Waals surface area (Å²) >= 11 is 0. The van der Waals surface area contributed by atoms with Gasteiger partial charge in [0.1, 0.15) is 0 Å². The molecule has 0 amide bonds. The third-order valence-corrected chi connectivity index (χ3v) is 2.27. The zero-order valence-electron chi connectivity index (χ0n) is 7.34. The van der Waals surface area contributed by atoms with Gasteiger partial charge in [0, 0.05) is 19.3 Å². The van der Waals surface area contributed by atoms with E-state index in [1.165, 1.54) is 25.9 Å². The lowest BCUT2D eigenvalue weighted by molar-refractivity contribution is 0.176. The lowest BCUT2D eigenvalue weighted by atomic mass is 10.1. The molecule has 2 heteroatoms. The molecule has 0 aliphatic carbocycles. The maximum absolute atomic E-state index is 3.84. The van der Waals surface area contributed by atoms with E-state index >= 15 is 0 Å². The maximum Gasteiger partial charge on any atom is 0.0485 e. The van der Waals surface area contributed by atoms with Gasteiger partial charge < -0.3 is 5.32 Å². The molecule has 11 heavy (non-hydrogen) atoms. The predicted octanol–water partition coefficient (Wildman–Crippen LogP) is 1.20. The normalized spacial score (nSPS) is 23.0. The largest absolute Gasteiger partial charge is 0.304 e. The Kier molecular flexibility index (Phi) is 3.60. The van der Waals surface area contributed by atoms with E-state index in [-0.39, 0.29) is 0 Å². The van der Waals surface area contributed by atoms with Crippen LogP contribution in [0.4, 0.5) is 0 Å². The summed E-state index contributed by atoms with van der Waals surface area (Å²) in [6.07, 6.45) is 4.49. The van der Waals surface area contributed by atoms with Crippen LogP contribution >= 0.6 is 0 Å². The standard InChI is InChI=1S/C9H18N2/c1-3-9(4-2)11-7-5-6-10-8-11/h3,9-10H,1,4-8H2,2H3. The first-order valence-corrected chi connectivity index (χ1v) is 4.45. The molecule has 0 bridgehead atoms. The average Bonchev–Trinajstić information content (AvgIpc) is 2.09. The van der Waals surface area contributed by atoms with Crippen molar-refractivity contribution in [3.63, 3.8) is 0 Å². The predicted molar refractivity (Wildman–Crippen MR) is 48.5 cm³/mol. The van der Waals surface area contributed by atoms with Crippen molar-refractivity contribution in [2.45, 2.75) is 25.8 Å². The lowest BCUT2D eigenvalue weighted by Gasteiger charge is -2.32. The number of hydrogen-bond acceptors (Lipinski definition) is 2. The van der Waals surface area contributed by atoms with Gasteiger partial charge in [-0.1, -0.05) is 13.0 Å². The Morgan fingerprint density at radius 1 is 1.73 bits per heavy atom. The molecule has 1 N–H and O–H groups in total. The van der Waals surface area contributed by atoms with Crippen molar-refractivity contribution in [1.29, 1.82) is 0 Å². The number of hydrogen-bond donors (Lipinski definition) is 1. The summed E-state index contributed by atoms with van der Waals surface area (Å²) in [5.41, 5.74) is 0. The number of rotatable bonds is 3. The van der Waals surface area contributed by atoms with Gasteiger partial charge >= 0.3 is 0 Å². The van der Waals surface area contributed by atoms with Gasteiger partial charge in [0.15, 0.2) is 0 Å². The van der Waals surface area contributed by atoms with E-state index < -0.39 is 0 Å². The Hall–Kier alpha value is -0.340. The summed E-state index contributed by atoms with van der Waals surface area (Å²) in [6.45, 7) is 9.47. The van der Waals surface area contributed by atoms with Gasteiger partial charge in [0.25, 0.3) is 0 Å². The molecule has 0 saturated carbocycles. The minimum Gasteiger partial charge on any atom is -0.304 e. The van der Waals surface area contributed by atoms with Crippen LogP contribution in [0.3, 0.4) is 0 Å². The third-order valence-electron chi connectivity index (χ3n) is 2.27. The number of nitrogens with zero attached hydrogens (tertiary/aromatic N) is 1. The zero-order chi connectivity index (χ0) is 8.10. The van der Waals surface area contributed by atoms with E-state index in [1.54, 1.807) is 0 Å². The molecule has 1 atom stereocenters. The fourth-order valence-corrected chi connectivity index (χ4v) is 1.57. The van der Waals surface area contributed by atoms with Crippen molar-refractivity contribution in [3.05, 3.63) is 12.7 Å². The van der Waals surface area contributed by atoms with Crippen molar-refractivity contribution in [1.82, 2.24) is 10.2 Å². The summed E-state index contributed by atoms with van der Waals surface area (Å²) in [6, 6.07) is 0.572. The zero-order valence-corrected chi connectivity index (χ0v) is 7.34. The second-order valence-electron chi connectivity index (χ2n) is 3.04. The van der Waals surface area contributed by atoms with Gasteiger partial charge in [0.05, 0.1) is 0 Å². The first kappa shape index (κ1) is 8.75. The van der Waals surface area contributed by atoms with Crippen LogP contribution in [-0.2, 0) is 0 Å². The molecule has 0 aromatic carbocycles. The van der Waals surface area contributed by atoms with E-state index in [9.17, 15) is 0 Å². The second kappa shape index (κ2) is 4.52. The maximum atomic E-state index is 3.84. The molecular formula is C9H18N2. The van der Waals surface area contributed by atoms with Crippen molar-refractivity contribution >= 4 is 0 Å². The number of nitrogens with one attached hydrogen (secondary N) is 1. The molecule has 0 spiro atoms. The highest BCUT2D eigenvalue weighted by Gasteiger charge is 2.14. The minimum absolute atomic E-state index is 0.572. The molecule has 0 aromatic rings. The highest BCUT2D eigenvalue weighted by molar-refractivity contribution is 4.87. The van der Waals surface area contributed by atoms with E-state index in [4.69, 9.17) is 0 Å². The molecule has 2 nitrogen and oxygen atoms in total. The molecule has 1 aliphatic heterocycles. The molecule has 1 heterocycles. The highest BCUT2D eigenvalue weighted by atomic mass is 15.3. The molecule has 64 valence electrons. The van der Waals surface area contributed by atoms with Crippen LogP contribution in [0.15, 0.2) is 12.7 Å². The first-order chi connectivity index (χ1) is 5.38. The van der Waals surface area contributed by atoms with Crippen LogP contribution in [0.25, 0.3) is 0 Å². The Morgan fingerprint density at radius 2 is 2.55 bits per heavy atom. The quantitative estimate of drug-likeness (QED) is 0.615. The highest BCUT2D eigenvalue weighted by Crippen LogP contribution is 2.07. The Balaban J connectivity index is 2.35. The molecule has 1 unspecified atom stereocenters. The summed E-state index contributed by atoms with van der Waals surface area (Å²) in [5, 5.41) is 3.36. The van der Waals surface area contributed by atoms with Crippen LogP contribution < -0.4 is 5.32 Å². The van der Waals surface area contributed by atoms with E-state index in [1.807, 2.05) is 6.08 Å². The first-order valence-electron chi connectivity index (χ1n) is 4.45. The molecule has 1 fully saturated rings. The van der Waals surface area contributed by atoms with Crippen LogP contribution in [0.5, 0.6) is 0 Å². The summed E-state index contributed by atoms with van der Waals surface area (Å²) in [7, 11) is 0. The fraction of sp³-hybridized carbons (Fsp3) is 0.778. The Bertz CT molecular complexity index is 117. The topological polar surface area (TPSA) is 15.3 Å². The molecule has 1 rings (SSSR count). The van der Waals surface area contributed by atoms with Crippen molar-refractivity contribution in [2.75, 3.05) is 19.8 Å². The van der Waals surface area contributed by atoms with Gasteiger partial charge in [0.2, 0.25) is 0 Å². The van der Waals surface area contributed by atoms with Gasteiger partial charge in [-0.05, 0) is 19.4 Å². The molecule has 0 aromatic heterocycles. The summed E-state index contributed by atoms with van der Waals surface area (Å²) in [5.74, 6) is 0. The van der Waals surface area contributed by atoms with E-state index in [2.05, 4.69) is 23.7 Å². The fourth-order valence-electron chi connectivity index (χ4n) is 1.57. The van der Waals surface area contributed by atoms with Gasteiger partial charge in [-0.25, -0.2) is 0 Å². The smallest absolute Gasteiger partial charge is 0.0485 e. The summed E-state index contributed by atoms with van der Waals surface area (Å²) < 4.78 is 0. The van der Waals surface area contributed by atoms with Gasteiger partial charge in [-0.3, -0.25) is 4.90 Å². The summed E-state index contributed by atoms with van der Waals surface area (Å²) in [4.78, 5) is 2.44. The monoisotopic (exact) mass is 154 g/mol. The Morgan fingerprint density at radius 3 is 3.00 bits per heavy atom. The molecular weight excluding hydrogens is 136 g/mol.